The Labute approximate surface area is 121 Å². The van der Waals surface area contributed by atoms with Crippen LogP contribution in [0.1, 0.15) is 19.3 Å². The zero-order chi connectivity index (χ0) is 14.0. The molecule has 1 heterocycles. The van der Waals surface area contributed by atoms with Crippen molar-refractivity contribution in [3.8, 4) is 0 Å². The van der Waals surface area contributed by atoms with Gasteiger partial charge in [-0.25, -0.2) is 0 Å². The van der Waals surface area contributed by atoms with E-state index in [0.29, 0.717) is 0 Å². The minimum absolute atomic E-state index is 0.837. The van der Waals surface area contributed by atoms with Crippen molar-refractivity contribution in [2.45, 2.75) is 25.8 Å². The van der Waals surface area contributed by atoms with Gasteiger partial charge in [0, 0.05) is 52.3 Å². The summed E-state index contributed by atoms with van der Waals surface area (Å²) < 4.78 is 7.74. The molecular weight excluding hydrogens is 252 g/mol. The first-order valence-corrected chi connectivity index (χ1v) is 7.51. The number of hydrogen-bond donors (Lipinski definition) is 2. The summed E-state index contributed by atoms with van der Waals surface area (Å²) in [5, 5.41) is 6.61. The molecule has 0 bridgehead atoms. The largest absolute Gasteiger partial charge is 0.381 e. The molecular formula is C15H26N4O. The summed E-state index contributed by atoms with van der Waals surface area (Å²) in [5.74, 6) is 1.71. The van der Waals surface area contributed by atoms with Crippen molar-refractivity contribution in [1.29, 1.82) is 0 Å². The van der Waals surface area contributed by atoms with Gasteiger partial charge in [0.1, 0.15) is 0 Å². The van der Waals surface area contributed by atoms with Crippen molar-refractivity contribution in [1.82, 2.24) is 15.2 Å². The van der Waals surface area contributed by atoms with Gasteiger partial charge >= 0.3 is 0 Å². The number of rotatable bonds is 9. The lowest BCUT2D eigenvalue weighted by Crippen LogP contribution is -2.39. The van der Waals surface area contributed by atoms with Crippen LogP contribution in [0.15, 0.2) is 29.5 Å². The number of guanidine groups is 1. The van der Waals surface area contributed by atoms with Gasteiger partial charge in [0.25, 0.3) is 0 Å². The zero-order valence-corrected chi connectivity index (χ0v) is 12.3. The first-order chi connectivity index (χ1) is 9.88. The third-order valence-electron chi connectivity index (χ3n) is 3.36. The molecule has 112 valence electrons. The highest BCUT2D eigenvalue weighted by molar-refractivity contribution is 5.79. The Balaban J connectivity index is 1.46. The monoisotopic (exact) mass is 278 g/mol. The predicted molar refractivity (Wildman–Crippen MR) is 82.0 cm³/mol. The van der Waals surface area contributed by atoms with E-state index in [9.17, 15) is 0 Å². The van der Waals surface area contributed by atoms with Gasteiger partial charge in [-0.05, 0) is 37.3 Å². The van der Waals surface area contributed by atoms with E-state index in [4.69, 9.17) is 4.74 Å². The molecule has 0 radical (unpaired) electrons. The van der Waals surface area contributed by atoms with E-state index in [1.807, 2.05) is 12.1 Å². The van der Waals surface area contributed by atoms with Crippen LogP contribution in [0.2, 0.25) is 0 Å². The summed E-state index contributed by atoms with van der Waals surface area (Å²) in [4.78, 5) is 4.21. The van der Waals surface area contributed by atoms with Crippen molar-refractivity contribution in [2.24, 2.45) is 10.9 Å². The van der Waals surface area contributed by atoms with E-state index in [-0.39, 0.29) is 0 Å². The third-order valence-corrected chi connectivity index (χ3v) is 3.36. The Bertz CT molecular complexity index is 385. The molecule has 0 saturated heterocycles. The molecule has 0 unspecified atom stereocenters. The summed E-state index contributed by atoms with van der Waals surface area (Å²) in [7, 11) is 1.80. The van der Waals surface area contributed by atoms with Crippen molar-refractivity contribution < 1.29 is 4.74 Å². The molecule has 0 aliphatic heterocycles. The SMILES string of the molecule is CN=C(NCCCOCC1CC1)NCCn1cccc1. The van der Waals surface area contributed by atoms with E-state index >= 15 is 0 Å². The van der Waals surface area contributed by atoms with E-state index in [2.05, 4.69) is 32.6 Å². The second-order valence-electron chi connectivity index (χ2n) is 5.22. The Morgan fingerprint density at radius 2 is 2.00 bits per heavy atom. The van der Waals surface area contributed by atoms with Crippen LogP contribution < -0.4 is 10.6 Å². The van der Waals surface area contributed by atoms with E-state index in [1.54, 1.807) is 7.05 Å². The summed E-state index contributed by atoms with van der Waals surface area (Å²) >= 11 is 0. The third kappa shape index (κ3) is 6.10. The Morgan fingerprint density at radius 3 is 2.70 bits per heavy atom. The second-order valence-corrected chi connectivity index (χ2v) is 5.22. The van der Waals surface area contributed by atoms with E-state index < -0.39 is 0 Å². The molecule has 2 rings (SSSR count). The number of nitrogens with one attached hydrogen (secondary N) is 2. The van der Waals surface area contributed by atoms with Crippen LogP contribution in [0.25, 0.3) is 0 Å². The molecule has 1 saturated carbocycles. The fourth-order valence-electron chi connectivity index (χ4n) is 1.96. The Hall–Kier alpha value is -1.49. The minimum atomic E-state index is 0.837. The molecule has 1 aliphatic rings. The maximum atomic E-state index is 5.60. The van der Waals surface area contributed by atoms with Crippen LogP contribution in [0.5, 0.6) is 0 Å². The average Bonchev–Trinajstić information content (AvgIpc) is 3.14. The van der Waals surface area contributed by atoms with Crippen LogP contribution in [0.3, 0.4) is 0 Å². The smallest absolute Gasteiger partial charge is 0.191 e. The quantitative estimate of drug-likeness (QED) is 0.408. The highest BCUT2D eigenvalue weighted by atomic mass is 16.5. The standard InChI is InChI=1S/C15H26N4O/c1-16-15(18-8-11-19-9-2-3-10-19)17-7-4-12-20-13-14-5-6-14/h2-3,9-10,14H,4-8,11-13H2,1H3,(H2,16,17,18). The van der Waals surface area contributed by atoms with Crippen LogP contribution in [0, 0.1) is 5.92 Å². The summed E-state index contributed by atoms with van der Waals surface area (Å²) in [5.41, 5.74) is 0. The van der Waals surface area contributed by atoms with E-state index in [1.165, 1.54) is 12.8 Å². The van der Waals surface area contributed by atoms with Crippen molar-refractivity contribution >= 4 is 5.96 Å². The van der Waals surface area contributed by atoms with Crippen LogP contribution in [-0.2, 0) is 11.3 Å². The molecule has 0 aromatic carbocycles. The minimum Gasteiger partial charge on any atom is -0.381 e. The molecule has 2 N–H and O–H groups in total. The molecule has 1 aromatic rings. The zero-order valence-electron chi connectivity index (χ0n) is 12.3. The van der Waals surface area contributed by atoms with Gasteiger partial charge in [-0.2, -0.15) is 0 Å². The molecule has 5 nitrogen and oxygen atoms in total. The lowest BCUT2D eigenvalue weighted by atomic mass is 10.4. The van der Waals surface area contributed by atoms with Crippen molar-refractivity contribution in [3.63, 3.8) is 0 Å². The number of ether oxygens (including phenoxy) is 1. The maximum absolute atomic E-state index is 5.60. The molecule has 5 heteroatoms. The first kappa shape index (κ1) is 14.9. The van der Waals surface area contributed by atoms with Crippen molar-refractivity contribution in [3.05, 3.63) is 24.5 Å². The molecule has 20 heavy (non-hydrogen) atoms. The fourth-order valence-corrected chi connectivity index (χ4v) is 1.96. The summed E-state index contributed by atoms with van der Waals surface area (Å²) in [6.45, 7) is 4.49. The van der Waals surface area contributed by atoms with Crippen molar-refractivity contribution in [2.75, 3.05) is 33.4 Å². The van der Waals surface area contributed by atoms with Gasteiger partial charge < -0.3 is 19.9 Å². The fraction of sp³-hybridized carbons (Fsp3) is 0.667. The summed E-state index contributed by atoms with van der Waals surface area (Å²) in [6, 6.07) is 4.07. The molecule has 1 aromatic heterocycles. The van der Waals surface area contributed by atoms with Crippen LogP contribution in [0.4, 0.5) is 0 Å². The maximum Gasteiger partial charge on any atom is 0.191 e. The Morgan fingerprint density at radius 1 is 1.25 bits per heavy atom. The van der Waals surface area contributed by atoms with E-state index in [0.717, 1.165) is 51.1 Å². The molecule has 1 aliphatic carbocycles. The topological polar surface area (TPSA) is 50.6 Å². The number of nitrogens with zero attached hydrogens (tertiary/aromatic N) is 2. The van der Waals surface area contributed by atoms with Gasteiger partial charge in [-0.15, -0.1) is 0 Å². The van der Waals surface area contributed by atoms with Gasteiger partial charge in [0.05, 0.1) is 0 Å². The van der Waals surface area contributed by atoms with Crippen LogP contribution >= 0.6 is 0 Å². The highest BCUT2D eigenvalue weighted by Crippen LogP contribution is 2.28. The van der Waals surface area contributed by atoms with Gasteiger partial charge in [0.2, 0.25) is 0 Å². The number of aromatic nitrogens is 1. The first-order valence-electron chi connectivity index (χ1n) is 7.51. The summed E-state index contributed by atoms with van der Waals surface area (Å²) in [6.07, 6.45) is 7.86. The van der Waals surface area contributed by atoms with Gasteiger partial charge in [-0.3, -0.25) is 4.99 Å². The average molecular weight is 278 g/mol. The molecule has 0 atom stereocenters. The second kappa shape index (κ2) is 8.64. The highest BCUT2D eigenvalue weighted by Gasteiger charge is 2.20. The molecule has 0 spiro atoms. The Kier molecular flexibility index (Phi) is 6.44. The lowest BCUT2D eigenvalue weighted by Gasteiger charge is -2.12. The number of aliphatic imine (C=N–C) groups is 1. The lowest BCUT2D eigenvalue weighted by molar-refractivity contribution is 0.123. The van der Waals surface area contributed by atoms with Crippen LogP contribution in [-0.4, -0.2) is 43.9 Å². The number of hydrogen-bond acceptors (Lipinski definition) is 2. The van der Waals surface area contributed by atoms with Gasteiger partial charge in [-0.1, -0.05) is 0 Å². The molecule has 1 fully saturated rings. The normalized spacial score (nSPS) is 15.3. The molecule has 0 amide bonds. The van der Waals surface area contributed by atoms with Gasteiger partial charge in [0.15, 0.2) is 5.96 Å². The predicted octanol–water partition coefficient (Wildman–Crippen LogP) is 1.47.